The molecule has 2 aromatic rings. The number of piperazine rings is 1. The number of amides is 1. The van der Waals surface area contributed by atoms with Crippen molar-refractivity contribution in [2.24, 2.45) is 0 Å². The number of benzene rings is 2. The zero-order chi connectivity index (χ0) is 21.1. The molecule has 0 aromatic heterocycles. The van der Waals surface area contributed by atoms with E-state index in [4.69, 9.17) is 9.47 Å². The summed E-state index contributed by atoms with van der Waals surface area (Å²) >= 11 is 0. The number of allylic oxidation sites excluding steroid dienone is 1. The first kappa shape index (κ1) is 20.1. The molecule has 1 amide bonds. The molecule has 1 fully saturated rings. The molecule has 0 bridgehead atoms. The van der Waals surface area contributed by atoms with E-state index in [9.17, 15) is 14.0 Å². The minimum Gasteiger partial charge on any atom is -0.484 e. The number of Topliss-reactive ketones (excluding diaryl/α,β-unsaturated/α-hetero) is 1. The van der Waals surface area contributed by atoms with Gasteiger partial charge in [0.15, 0.2) is 12.4 Å². The van der Waals surface area contributed by atoms with Gasteiger partial charge < -0.3 is 19.3 Å². The molecule has 0 aliphatic carbocycles. The maximum Gasteiger partial charge on any atom is 0.260 e. The maximum atomic E-state index is 13.1. The summed E-state index contributed by atoms with van der Waals surface area (Å²) in [6.07, 6.45) is 1.57. The number of carbonyl (C=O) groups excluding carboxylic acids is 2. The lowest BCUT2D eigenvalue weighted by atomic mass is 10.1. The topological polar surface area (TPSA) is 59.1 Å². The molecule has 2 aliphatic rings. The molecule has 0 radical (unpaired) electrons. The van der Waals surface area contributed by atoms with Crippen LogP contribution in [0.3, 0.4) is 0 Å². The highest BCUT2D eigenvalue weighted by Crippen LogP contribution is 2.34. The molecule has 2 aromatic carbocycles. The van der Waals surface area contributed by atoms with Gasteiger partial charge in [-0.05, 0) is 42.4 Å². The van der Waals surface area contributed by atoms with Gasteiger partial charge in [0.25, 0.3) is 5.91 Å². The Labute approximate surface area is 174 Å². The summed E-state index contributed by atoms with van der Waals surface area (Å²) in [5.41, 5.74) is 1.09. The fourth-order valence-corrected chi connectivity index (χ4v) is 3.52. The van der Waals surface area contributed by atoms with Crippen LogP contribution in [0.25, 0.3) is 6.08 Å². The van der Waals surface area contributed by atoms with Crippen LogP contribution in [0.1, 0.15) is 22.8 Å². The first-order chi connectivity index (χ1) is 14.5. The zero-order valence-corrected chi connectivity index (χ0v) is 16.8. The Morgan fingerprint density at radius 1 is 1.13 bits per heavy atom. The smallest absolute Gasteiger partial charge is 0.260 e. The minimum atomic E-state index is -0.345. The average molecular weight is 410 g/mol. The Bertz CT molecular complexity index is 979. The Morgan fingerprint density at radius 3 is 2.57 bits per heavy atom. The van der Waals surface area contributed by atoms with Crippen LogP contribution in [0.5, 0.6) is 11.5 Å². The number of ketones is 1. The van der Waals surface area contributed by atoms with Crippen LogP contribution >= 0.6 is 0 Å². The number of ether oxygens (including phenoxy) is 2. The van der Waals surface area contributed by atoms with E-state index < -0.39 is 0 Å². The lowest BCUT2D eigenvalue weighted by Gasteiger charge is -2.33. The number of nitrogens with zero attached hydrogens (tertiary/aromatic N) is 2. The van der Waals surface area contributed by atoms with Crippen molar-refractivity contribution in [3.63, 3.8) is 0 Å². The molecule has 4 rings (SSSR count). The average Bonchev–Trinajstić information content (AvgIpc) is 3.08. The molecule has 30 heavy (non-hydrogen) atoms. The predicted molar refractivity (Wildman–Crippen MR) is 110 cm³/mol. The summed E-state index contributed by atoms with van der Waals surface area (Å²) in [4.78, 5) is 29.0. The third kappa shape index (κ3) is 4.36. The van der Waals surface area contributed by atoms with Crippen LogP contribution in [0.4, 0.5) is 4.39 Å². The van der Waals surface area contributed by atoms with E-state index in [1.54, 1.807) is 36.4 Å². The molecule has 0 spiro atoms. The predicted octanol–water partition coefficient (Wildman–Crippen LogP) is 2.98. The van der Waals surface area contributed by atoms with Gasteiger partial charge in [0.2, 0.25) is 5.78 Å². The first-order valence-electron chi connectivity index (χ1n) is 10.0. The van der Waals surface area contributed by atoms with Crippen molar-refractivity contribution in [1.82, 2.24) is 9.80 Å². The number of rotatable bonds is 5. The molecule has 156 valence electrons. The maximum absolute atomic E-state index is 13.1. The van der Waals surface area contributed by atoms with Gasteiger partial charge in [0.1, 0.15) is 17.3 Å². The van der Waals surface area contributed by atoms with Crippen molar-refractivity contribution in [3.05, 3.63) is 65.2 Å². The molecule has 1 saturated heterocycles. The Kier molecular flexibility index (Phi) is 5.81. The van der Waals surface area contributed by atoms with Gasteiger partial charge in [-0.2, -0.15) is 0 Å². The first-order valence-corrected chi connectivity index (χ1v) is 10.0. The number of likely N-dealkylation sites (N-methyl/N-ethyl adjacent to an activating group) is 1. The number of halogens is 1. The van der Waals surface area contributed by atoms with E-state index in [2.05, 4.69) is 11.8 Å². The summed E-state index contributed by atoms with van der Waals surface area (Å²) in [5.74, 6) is 0.368. The fourth-order valence-electron chi connectivity index (χ4n) is 3.52. The molecule has 6 nitrogen and oxygen atoms in total. The molecule has 7 heteroatoms. The largest absolute Gasteiger partial charge is 0.484 e. The Balaban J connectivity index is 1.38. The van der Waals surface area contributed by atoms with Gasteiger partial charge in [-0.1, -0.05) is 19.1 Å². The van der Waals surface area contributed by atoms with Crippen molar-refractivity contribution >= 4 is 17.8 Å². The third-order valence-electron chi connectivity index (χ3n) is 5.34. The van der Waals surface area contributed by atoms with Gasteiger partial charge in [-0.25, -0.2) is 4.39 Å². The van der Waals surface area contributed by atoms with Gasteiger partial charge in [-0.15, -0.1) is 0 Å². The Hall–Kier alpha value is -3.19. The summed E-state index contributed by atoms with van der Waals surface area (Å²) in [5, 5.41) is 0. The van der Waals surface area contributed by atoms with E-state index >= 15 is 0 Å². The highest BCUT2D eigenvalue weighted by atomic mass is 19.1. The van der Waals surface area contributed by atoms with Crippen LogP contribution in [0.15, 0.2) is 48.2 Å². The number of carbonyl (C=O) groups is 2. The molecule has 2 heterocycles. The quantitative estimate of drug-likeness (QED) is 0.710. The lowest BCUT2D eigenvalue weighted by Crippen LogP contribution is -2.49. The second-order valence-corrected chi connectivity index (χ2v) is 7.25. The number of hydrogen-bond donors (Lipinski definition) is 0. The van der Waals surface area contributed by atoms with E-state index in [1.165, 1.54) is 12.1 Å². The monoisotopic (exact) mass is 410 g/mol. The van der Waals surface area contributed by atoms with Crippen molar-refractivity contribution in [2.75, 3.05) is 39.3 Å². The highest BCUT2D eigenvalue weighted by molar-refractivity contribution is 6.14. The van der Waals surface area contributed by atoms with Crippen molar-refractivity contribution in [1.29, 1.82) is 0 Å². The number of fused-ring (bicyclic) bond motifs is 1. The fraction of sp³-hybridized carbons (Fsp3) is 0.304. The molecular weight excluding hydrogens is 387 g/mol. The van der Waals surface area contributed by atoms with Crippen LogP contribution < -0.4 is 9.47 Å². The van der Waals surface area contributed by atoms with Crippen molar-refractivity contribution < 1.29 is 23.5 Å². The van der Waals surface area contributed by atoms with Crippen LogP contribution in [-0.4, -0.2) is 60.8 Å². The van der Waals surface area contributed by atoms with Crippen LogP contribution in [-0.2, 0) is 4.79 Å². The highest BCUT2D eigenvalue weighted by Gasteiger charge is 2.28. The molecule has 0 N–H and O–H groups in total. The van der Waals surface area contributed by atoms with Gasteiger partial charge in [-0.3, -0.25) is 9.59 Å². The minimum absolute atomic E-state index is 0.0554. The van der Waals surface area contributed by atoms with Crippen LogP contribution in [0.2, 0.25) is 0 Å². The molecule has 0 unspecified atom stereocenters. The number of hydrogen-bond acceptors (Lipinski definition) is 5. The summed E-state index contributed by atoms with van der Waals surface area (Å²) in [6, 6.07) is 10.7. The molecule has 0 atom stereocenters. The van der Waals surface area contributed by atoms with Gasteiger partial charge in [0, 0.05) is 32.2 Å². The third-order valence-corrected chi connectivity index (χ3v) is 5.34. The van der Waals surface area contributed by atoms with Gasteiger partial charge >= 0.3 is 0 Å². The molecule has 0 saturated carbocycles. The second kappa shape index (κ2) is 8.67. The van der Waals surface area contributed by atoms with E-state index in [1.807, 2.05) is 4.90 Å². The lowest BCUT2D eigenvalue weighted by molar-refractivity contribution is -0.135. The zero-order valence-electron chi connectivity index (χ0n) is 16.8. The van der Waals surface area contributed by atoms with E-state index in [0.717, 1.165) is 19.6 Å². The SMILES string of the molecule is CCN1CCN(C(=O)COc2ccc3c(c2)OC(=Cc2ccc(F)cc2)C3=O)CC1. The van der Waals surface area contributed by atoms with Crippen molar-refractivity contribution in [3.8, 4) is 11.5 Å². The van der Waals surface area contributed by atoms with Crippen molar-refractivity contribution in [2.45, 2.75) is 6.92 Å². The normalized spacial score (nSPS) is 17.7. The molecular formula is C23H23FN2O4. The van der Waals surface area contributed by atoms with E-state index in [0.29, 0.717) is 35.7 Å². The van der Waals surface area contributed by atoms with E-state index in [-0.39, 0.29) is 29.9 Å². The summed E-state index contributed by atoms with van der Waals surface area (Å²) in [6.45, 7) is 6.20. The second-order valence-electron chi connectivity index (χ2n) is 7.25. The molecule has 2 aliphatic heterocycles. The standard InChI is InChI=1S/C23H23FN2O4/c1-2-25-9-11-26(12-10-25)22(27)15-29-18-7-8-19-20(14-18)30-21(23(19)28)13-16-3-5-17(24)6-4-16/h3-8,13-14H,2,9-12,15H2,1H3. The van der Waals surface area contributed by atoms with Gasteiger partial charge in [0.05, 0.1) is 5.56 Å². The summed E-state index contributed by atoms with van der Waals surface area (Å²) < 4.78 is 24.4. The van der Waals surface area contributed by atoms with Crippen LogP contribution in [0, 0.1) is 5.82 Å². The Morgan fingerprint density at radius 2 is 1.87 bits per heavy atom. The summed E-state index contributed by atoms with van der Waals surface area (Å²) in [7, 11) is 0.